The predicted molar refractivity (Wildman–Crippen MR) is 95.1 cm³/mol. The van der Waals surface area contributed by atoms with Crippen LogP contribution >= 0.6 is 11.3 Å². The van der Waals surface area contributed by atoms with E-state index in [-0.39, 0.29) is 5.56 Å². The van der Waals surface area contributed by atoms with Gasteiger partial charge in [-0.15, -0.1) is 11.3 Å². The summed E-state index contributed by atoms with van der Waals surface area (Å²) in [6.45, 7) is 2.00. The van der Waals surface area contributed by atoms with Crippen molar-refractivity contribution in [3.63, 3.8) is 0 Å². The SMILES string of the molecule is O=c1[nH]c(NCc2nc(-c3ccccc3)cs2)nc2c1CCNC2. The fourth-order valence-electron chi connectivity index (χ4n) is 2.75. The van der Waals surface area contributed by atoms with Crippen LogP contribution in [0.25, 0.3) is 11.3 Å². The Morgan fingerprint density at radius 3 is 2.96 bits per heavy atom. The van der Waals surface area contributed by atoms with E-state index in [9.17, 15) is 4.79 Å². The van der Waals surface area contributed by atoms with Gasteiger partial charge in [-0.25, -0.2) is 9.97 Å². The molecule has 0 bridgehead atoms. The summed E-state index contributed by atoms with van der Waals surface area (Å²) in [7, 11) is 0. The first-order valence-electron chi connectivity index (χ1n) is 7.86. The maximum Gasteiger partial charge on any atom is 0.255 e. The molecule has 2 aromatic heterocycles. The number of H-pyrrole nitrogens is 1. The second-order valence-corrected chi connectivity index (χ2v) is 6.56. The fraction of sp³-hybridized carbons (Fsp3) is 0.235. The van der Waals surface area contributed by atoms with Gasteiger partial charge in [0.2, 0.25) is 5.95 Å². The van der Waals surface area contributed by atoms with Crippen molar-refractivity contribution >= 4 is 17.3 Å². The van der Waals surface area contributed by atoms with Crippen LogP contribution in [0.2, 0.25) is 0 Å². The van der Waals surface area contributed by atoms with Gasteiger partial charge in [-0.1, -0.05) is 30.3 Å². The van der Waals surface area contributed by atoms with E-state index in [4.69, 9.17) is 0 Å². The maximum absolute atomic E-state index is 12.1. The summed E-state index contributed by atoms with van der Waals surface area (Å²) in [6, 6.07) is 10.1. The van der Waals surface area contributed by atoms with E-state index in [0.29, 0.717) is 19.0 Å². The molecule has 1 aliphatic rings. The van der Waals surface area contributed by atoms with Crippen LogP contribution in [-0.2, 0) is 19.5 Å². The maximum atomic E-state index is 12.1. The number of hydrogen-bond acceptors (Lipinski definition) is 6. The van der Waals surface area contributed by atoms with Crippen LogP contribution in [-0.4, -0.2) is 21.5 Å². The highest BCUT2D eigenvalue weighted by molar-refractivity contribution is 7.09. The zero-order valence-electron chi connectivity index (χ0n) is 13.0. The molecule has 3 aromatic rings. The Kier molecular flexibility index (Phi) is 4.10. The number of hydrogen-bond donors (Lipinski definition) is 3. The summed E-state index contributed by atoms with van der Waals surface area (Å²) in [5, 5.41) is 9.40. The molecule has 0 atom stereocenters. The third-order valence-electron chi connectivity index (χ3n) is 3.97. The minimum absolute atomic E-state index is 0.0480. The number of anilines is 1. The molecule has 0 amide bonds. The highest BCUT2D eigenvalue weighted by Crippen LogP contribution is 2.21. The Morgan fingerprint density at radius 2 is 2.08 bits per heavy atom. The monoisotopic (exact) mass is 339 g/mol. The lowest BCUT2D eigenvalue weighted by Gasteiger charge is -2.16. The molecule has 3 N–H and O–H groups in total. The molecular formula is C17H17N5OS. The number of aromatic amines is 1. The Hall–Kier alpha value is -2.51. The van der Waals surface area contributed by atoms with Gasteiger partial charge in [0, 0.05) is 23.1 Å². The van der Waals surface area contributed by atoms with Crippen molar-refractivity contribution in [2.24, 2.45) is 0 Å². The van der Waals surface area contributed by atoms with Crippen molar-refractivity contribution < 1.29 is 0 Å². The molecule has 0 unspecified atom stereocenters. The molecule has 0 saturated heterocycles. The van der Waals surface area contributed by atoms with E-state index in [1.165, 1.54) is 0 Å². The summed E-state index contributed by atoms with van der Waals surface area (Å²) in [4.78, 5) is 24.1. The Balaban J connectivity index is 1.49. The Morgan fingerprint density at radius 1 is 1.21 bits per heavy atom. The normalized spacial score (nSPS) is 13.5. The van der Waals surface area contributed by atoms with Crippen LogP contribution in [0.3, 0.4) is 0 Å². The highest BCUT2D eigenvalue weighted by atomic mass is 32.1. The van der Waals surface area contributed by atoms with Crippen LogP contribution in [0.5, 0.6) is 0 Å². The van der Waals surface area contributed by atoms with Gasteiger partial charge < -0.3 is 10.6 Å². The zero-order chi connectivity index (χ0) is 16.4. The number of aromatic nitrogens is 3. The first-order chi connectivity index (χ1) is 11.8. The first-order valence-corrected chi connectivity index (χ1v) is 8.74. The fourth-order valence-corrected chi connectivity index (χ4v) is 3.49. The molecule has 0 radical (unpaired) electrons. The van der Waals surface area contributed by atoms with Gasteiger partial charge >= 0.3 is 0 Å². The van der Waals surface area contributed by atoms with E-state index in [0.717, 1.165) is 40.5 Å². The average molecular weight is 339 g/mol. The lowest BCUT2D eigenvalue weighted by Crippen LogP contribution is -2.31. The number of benzene rings is 1. The molecule has 0 saturated carbocycles. The third-order valence-corrected chi connectivity index (χ3v) is 4.82. The first kappa shape index (κ1) is 15.0. The van der Waals surface area contributed by atoms with Crippen molar-refractivity contribution in [2.45, 2.75) is 19.5 Å². The molecule has 0 aliphatic carbocycles. The van der Waals surface area contributed by atoms with Crippen molar-refractivity contribution in [2.75, 3.05) is 11.9 Å². The van der Waals surface area contributed by atoms with Gasteiger partial charge in [-0.3, -0.25) is 9.78 Å². The van der Waals surface area contributed by atoms with Gasteiger partial charge in [0.1, 0.15) is 5.01 Å². The highest BCUT2D eigenvalue weighted by Gasteiger charge is 2.15. The van der Waals surface area contributed by atoms with E-state index in [1.54, 1.807) is 11.3 Å². The van der Waals surface area contributed by atoms with E-state index >= 15 is 0 Å². The molecule has 7 heteroatoms. The molecule has 122 valence electrons. The van der Waals surface area contributed by atoms with E-state index in [2.05, 4.69) is 25.6 Å². The molecule has 0 spiro atoms. The smallest absolute Gasteiger partial charge is 0.255 e. The largest absolute Gasteiger partial charge is 0.349 e. The molecule has 24 heavy (non-hydrogen) atoms. The van der Waals surface area contributed by atoms with Crippen LogP contribution in [0, 0.1) is 0 Å². The lowest BCUT2D eigenvalue weighted by molar-refractivity contribution is 0.619. The molecule has 0 fully saturated rings. The van der Waals surface area contributed by atoms with Gasteiger partial charge in [-0.05, 0) is 13.0 Å². The molecule has 3 heterocycles. The summed E-state index contributed by atoms with van der Waals surface area (Å²) in [6.07, 6.45) is 0.727. The Labute approximate surface area is 143 Å². The molecule has 1 aliphatic heterocycles. The number of fused-ring (bicyclic) bond motifs is 1. The Bertz CT molecular complexity index is 903. The van der Waals surface area contributed by atoms with Crippen molar-refractivity contribution in [3.8, 4) is 11.3 Å². The second kappa shape index (κ2) is 6.54. The van der Waals surface area contributed by atoms with Gasteiger partial charge in [0.15, 0.2) is 0 Å². The summed E-state index contributed by atoms with van der Waals surface area (Å²) in [5.74, 6) is 0.499. The van der Waals surface area contributed by atoms with Gasteiger partial charge in [0.25, 0.3) is 5.56 Å². The zero-order valence-corrected chi connectivity index (χ0v) is 13.8. The minimum atomic E-state index is -0.0480. The standard InChI is InChI=1S/C17H17N5OS/c23-16-12-6-7-18-8-13(12)21-17(22-16)19-9-15-20-14(10-24-15)11-4-2-1-3-5-11/h1-5,10,18H,6-9H2,(H2,19,21,22,23). The van der Waals surface area contributed by atoms with E-state index < -0.39 is 0 Å². The van der Waals surface area contributed by atoms with Crippen molar-refractivity contribution in [1.29, 1.82) is 0 Å². The number of nitrogens with one attached hydrogen (secondary N) is 3. The number of rotatable bonds is 4. The van der Waals surface area contributed by atoms with E-state index in [1.807, 2.05) is 35.7 Å². The molecule has 6 nitrogen and oxygen atoms in total. The number of thiazole rings is 1. The van der Waals surface area contributed by atoms with Crippen molar-refractivity contribution in [1.82, 2.24) is 20.3 Å². The second-order valence-electron chi connectivity index (χ2n) is 5.61. The molecular weight excluding hydrogens is 322 g/mol. The van der Waals surface area contributed by atoms with Crippen molar-refractivity contribution in [3.05, 3.63) is 62.3 Å². The average Bonchev–Trinajstić information content (AvgIpc) is 3.10. The summed E-state index contributed by atoms with van der Waals surface area (Å²) in [5.41, 5.74) is 3.64. The van der Waals surface area contributed by atoms with Gasteiger partial charge in [-0.2, -0.15) is 0 Å². The van der Waals surface area contributed by atoms with Crippen LogP contribution in [0.15, 0.2) is 40.5 Å². The molecule has 4 rings (SSSR count). The van der Waals surface area contributed by atoms with Crippen LogP contribution < -0.4 is 16.2 Å². The summed E-state index contributed by atoms with van der Waals surface area (Å²) < 4.78 is 0. The summed E-state index contributed by atoms with van der Waals surface area (Å²) >= 11 is 1.59. The van der Waals surface area contributed by atoms with Crippen LogP contribution in [0.4, 0.5) is 5.95 Å². The predicted octanol–water partition coefficient (Wildman–Crippen LogP) is 2.15. The quantitative estimate of drug-likeness (QED) is 0.678. The lowest BCUT2D eigenvalue weighted by atomic mass is 10.1. The molecule has 1 aromatic carbocycles. The minimum Gasteiger partial charge on any atom is -0.349 e. The van der Waals surface area contributed by atoms with Crippen LogP contribution in [0.1, 0.15) is 16.3 Å². The topological polar surface area (TPSA) is 82.7 Å². The number of nitrogens with zero attached hydrogens (tertiary/aromatic N) is 2. The van der Waals surface area contributed by atoms with Gasteiger partial charge in [0.05, 0.1) is 17.9 Å². The third kappa shape index (κ3) is 3.08.